The molecule has 118 valence electrons. The summed E-state index contributed by atoms with van der Waals surface area (Å²) >= 11 is 5.75. The monoisotopic (exact) mass is 341 g/mol. The number of nitrogens with one attached hydrogen (secondary N) is 1. The van der Waals surface area contributed by atoms with E-state index in [-0.39, 0.29) is 17.3 Å². The molecular weight excluding hydrogens is 325 g/mol. The van der Waals surface area contributed by atoms with Crippen LogP contribution in [-0.2, 0) is 16.4 Å². The molecule has 0 fully saturated rings. The maximum atomic E-state index is 13.9. The van der Waals surface area contributed by atoms with Crippen molar-refractivity contribution in [1.29, 1.82) is 0 Å². The van der Waals surface area contributed by atoms with Gasteiger partial charge in [0, 0.05) is 24.4 Å². The van der Waals surface area contributed by atoms with Crippen LogP contribution in [-0.4, -0.2) is 20.4 Å². The van der Waals surface area contributed by atoms with Gasteiger partial charge in [0.2, 0.25) is 0 Å². The van der Waals surface area contributed by atoms with Crippen molar-refractivity contribution in [2.24, 2.45) is 0 Å². The standard InChI is InChI=1S/C16H17ClFNO2S/c1-22(20,21)11-15(12-6-3-2-4-7-12)19-10-13-8-5-9-14(17)16(13)18/h2-9,15,19H,10-11H2,1H3/t15-/m1/s1. The number of hydrogen-bond acceptors (Lipinski definition) is 3. The van der Waals surface area contributed by atoms with Gasteiger partial charge in [-0.3, -0.25) is 0 Å². The fraction of sp³-hybridized carbons (Fsp3) is 0.250. The molecule has 3 nitrogen and oxygen atoms in total. The van der Waals surface area contributed by atoms with Crippen LogP contribution in [0.2, 0.25) is 5.02 Å². The third-order valence-electron chi connectivity index (χ3n) is 3.24. The fourth-order valence-corrected chi connectivity index (χ4v) is 3.29. The van der Waals surface area contributed by atoms with Crippen LogP contribution in [0.25, 0.3) is 0 Å². The molecule has 0 amide bonds. The van der Waals surface area contributed by atoms with Crippen LogP contribution in [0.4, 0.5) is 4.39 Å². The molecule has 0 aromatic heterocycles. The molecule has 0 saturated carbocycles. The van der Waals surface area contributed by atoms with Crippen LogP contribution < -0.4 is 5.32 Å². The highest BCUT2D eigenvalue weighted by Crippen LogP contribution is 2.20. The van der Waals surface area contributed by atoms with Gasteiger partial charge < -0.3 is 5.32 Å². The molecule has 6 heteroatoms. The molecule has 0 unspecified atom stereocenters. The van der Waals surface area contributed by atoms with Crippen molar-refractivity contribution in [1.82, 2.24) is 5.32 Å². The van der Waals surface area contributed by atoms with Crippen LogP contribution in [0.5, 0.6) is 0 Å². The summed E-state index contributed by atoms with van der Waals surface area (Å²) in [7, 11) is -3.18. The summed E-state index contributed by atoms with van der Waals surface area (Å²) in [6.07, 6.45) is 1.19. The minimum atomic E-state index is -3.18. The van der Waals surface area contributed by atoms with Crippen LogP contribution in [0.1, 0.15) is 17.2 Å². The Hall–Kier alpha value is -1.43. The van der Waals surface area contributed by atoms with Crippen molar-refractivity contribution in [3.05, 3.63) is 70.5 Å². The summed E-state index contributed by atoms with van der Waals surface area (Å²) in [6, 6.07) is 13.6. The average molecular weight is 342 g/mol. The van der Waals surface area contributed by atoms with Crippen molar-refractivity contribution in [3.8, 4) is 0 Å². The van der Waals surface area contributed by atoms with E-state index in [0.717, 1.165) is 5.56 Å². The van der Waals surface area contributed by atoms with E-state index in [4.69, 9.17) is 11.6 Å². The van der Waals surface area contributed by atoms with Gasteiger partial charge in [-0.05, 0) is 11.6 Å². The SMILES string of the molecule is CS(=O)(=O)C[C@@H](NCc1cccc(Cl)c1F)c1ccccc1. The quantitative estimate of drug-likeness (QED) is 0.876. The Kier molecular flexibility index (Phi) is 5.56. The lowest BCUT2D eigenvalue weighted by Gasteiger charge is -2.19. The molecule has 2 rings (SSSR count). The molecule has 0 bridgehead atoms. The van der Waals surface area contributed by atoms with Gasteiger partial charge in [-0.2, -0.15) is 0 Å². The average Bonchev–Trinajstić information content (AvgIpc) is 2.47. The third kappa shape index (κ3) is 4.80. The van der Waals surface area contributed by atoms with E-state index >= 15 is 0 Å². The first-order chi connectivity index (χ1) is 10.4. The number of hydrogen-bond donors (Lipinski definition) is 1. The maximum absolute atomic E-state index is 13.9. The zero-order chi connectivity index (χ0) is 16.2. The van der Waals surface area contributed by atoms with E-state index in [2.05, 4.69) is 5.32 Å². The Morgan fingerprint density at radius 2 is 1.82 bits per heavy atom. The molecule has 1 atom stereocenters. The second-order valence-electron chi connectivity index (χ2n) is 5.15. The zero-order valence-corrected chi connectivity index (χ0v) is 13.7. The van der Waals surface area contributed by atoms with Gasteiger partial charge in [-0.25, -0.2) is 12.8 Å². The van der Waals surface area contributed by atoms with E-state index in [9.17, 15) is 12.8 Å². The zero-order valence-electron chi connectivity index (χ0n) is 12.1. The molecule has 0 radical (unpaired) electrons. The highest BCUT2D eigenvalue weighted by atomic mass is 35.5. The minimum Gasteiger partial charge on any atom is -0.305 e. The molecule has 0 saturated heterocycles. The summed E-state index contributed by atoms with van der Waals surface area (Å²) in [4.78, 5) is 0. The van der Waals surface area contributed by atoms with E-state index < -0.39 is 21.7 Å². The summed E-state index contributed by atoms with van der Waals surface area (Å²) in [5.41, 5.74) is 1.25. The van der Waals surface area contributed by atoms with Crippen LogP contribution >= 0.6 is 11.6 Å². The van der Waals surface area contributed by atoms with E-state index in [1.165, 1.54) is 12.3 Å². The molecule has 1 N–H and O–H groups in total. The molecule has 2 aromatic rings. The lowest BCUT2D eigenvalue weighted by molar-refractivity contribution is 0.534. The highest BCUT2D eigenvalue weighted by molar-refractivity contribution is 7.90. The van der Waals surface area contributed by atoms with Crippen molar-refractivity contribution in [3.63, 3.8) is 0 Å². The van der Waals surface area contributed by atoms with E-state index in [1.807, 2.05) is 30.3 Å². The maximum Gasteiger partial charge on any atom is 0.149 e. The normalized spacial score (nSPS) is 13.0. The van der Waals surface area contributed by atoms with Gasteiger partial charge in [-0.1, -0.05) is 54.1 Å². The first kappa shape index (κ1) is 16.9. The number of halogens is 2. The van der Waals surface area contributed by atoms with Crippen molar-refractivity contribution in [2.45, 2.75) is 12.6 Å². The van der Waals surface area contributed by atoms with Crippen LogP contribution in [0.15, 0.2) is 48.5 Å². The van der Waals surface area contributed by atoms with E-state index in [0.29, 0.717) is 5.56 Å². The summed E-state index contributed by atoms with van der Waals surface area (Å²) in [5.74, 6) is -0.540. The van der Waals surface area contributed by atoms with Gasteiger partial charge in [0.25, 0.3) is 0 Å². The second-order valence-corrected chi connectivity index (χ2v) is 7.74. The molecular formula is C16H17ClFNO2S. The minimum absolute atomic E-state index is 0.0543. The smallest absolute Gasteiger partial charge is 0.149 e. The first-order valence-electron chi connectivity index (χ1n) is 6.76. The van der Waals surface area contributed by atoms with Gasteiger partial charge in [0.05, 0.1) is 10.8 Å². The summed E-state index contributed by atoms with van der Waals surface area (Å²) in [5, 5.41) is 3.15. The summed E-state index contributed by atoms with van der Waals surface area (Å²) < 4.78 is 37.1. The third-order valence-corrected chi connectivity index (χ3v) is 4.47. The first-order valence-corrected chi connectivity index (χ1v) is 9.19. The molecule has 0 heterocycles. The number of sulfone groups is 1. The van der Waals surface area contributed by atoms with Crippen molar-refractivity contribution in [2.75, 3.05) is 12.0 Å². The predicted octanol–water partition coefficient (Wildman–Crippen LogP) is 3.35. The Balaban J connectivity index is 2.18. The van der Waals surface area contributed by atoms with Crippen molar-refractivity contribution < 1.29 is 12.8 Å². The fourth-order valence-electron chi connectivity index (χ4n) is 2.18. The van der Waals surface area contributed by atoms with Gasteiger partial charge in [0.15, 0.2) is 0 Å². The molecule has 0 spiro atoms. The highest BCUT2D eigenvalue weighted by Gasteiger charge is 2.17. The molecule has 0 aliphatic carbocycles. The van der Waals surface area contributed by atoms with Gasteiger partial charge in [-0.15, -0.1) is 0 Å². The Bertz CT molecular complexity index is 735. The lowest BCUT2D eigenvalue weighted by atomic mass is 10.1. The Morgan fingerprint density at radius 3 is 2.45 bits per heavy atom. The van der Waals surface area contributed by atoms with Gasteiger partial charge in [0.1, 0.15) is 15.7 Å². The van der Waals surface area contributed by atoms with Crippen LogP contribution in [0, 0.1) is 5.82 Å². The largest absolute Gasteiger partial charge is 0.305 e. The Labute approximate surface area is 135 Å². The molecule has 0 aliphatic heterocycles. The number of benzene rings is 2. The second kappa shape index (κ2) is 7.22. The summed E-state index contributed by atoms with van der Waals surface area (Å²) in [6.45, 7) is 0.196. The van der Waals surface area contributed by atoms with E-state index in [1.54, 1.807) is 12.1 Å². The topological polar surface area (TPSA) is 46.2 Å². The van der Waals surface area contributed by atoms with Gasteiger partial charge >= 0.3 is 0 Å². The predicted molar refractivity (Wildman–Crippen MR) is 87.1 cm³/mol. The number of rotatable bonds is 6. The Morgan fingerprint density at radius 1 is 1.14 bits per heavy atom. The molecule has 2 aromatic carbocycles. The van der Waals surface area contributed by atoms with Crippen LogP contribution in [0.3, 0.4) is 0 Å². The molecule has 22 heavy (non-hydrogen) atoms. The van der Waals surface area contributed by atoms with Crippen molar-refractivity contribution >= 4 is 21.4 Å². The lowest BCUT2D eigenvalue weighted by Crippen LogP contribution is -2.27. The molecule has 0 aliphatic rings.